The second kappa shape index (κ2) is 9.29. The van der Waals surface area contributed by atoms with Crippen molar-refractivity contribution in [1.29, 1.82) is 0 Å². The van der Waals surface area contributed by atoms with Crippen LogP contribution in [0.5, 0.6) is 0 Å². The molecule has 1 fully saturated rings. The lowest BCUT2D eigenvalue weighted by Crippen LogP contribution is -2.32. The predicted octanol–water partition coefficient (Wildman–Crippen LogP) is 3.92. The molecule has 1 aliphatic rings. The van der Waals surface area contributed by atoms with E-state index in [1.54, 1.807) is 6.26 Å². The molecule has 10 heteroatoms. The zero-order valence-corrected chi connectivity index (χ0v) is 17.0. The van der Waals surface area contributed by atoms with Gasteiger partial charge in [0.1, 0.15) is 17.4 Å². The van der Waals surface area contributed by atoms with Crippen molar-refractivity contribution in [3.63, 3.8) is 0 Å². The van der Waals surface area contributed by atoms with Crippen molar-refractivity contribution >= 4 is 29.3 Å². The molecule has 1 N–H and O–H groups in total. The maximum absolute atomic E-state index is 13.7. The number of hydrogen-bond donors (Lipinski definition) is 1. The fraction of sp³-hybridized carbons (Fsp3) is 0.350. The van der Waals surface area contributed by atoms with Crippen LogP contribution < -0.4 is 10.2 Å². The number of piperidine rings is 1. The summed E-state index contributed by atoms with van der Waals surface area (Å²) in [5, 5.41) is 11.6. The second-order valence-electron chi connectivity index (χ2n) is 6.96. The average molecular weight is 433 g/mol. The molecule has 0 unspecified atom stereocenters. The smallest absolute Gasteiger partial charge is 0.234 e. The first-order chi connectivity index (χ1) is 14.6. The summed E-state index contributed by atoms with van der Waals surface area (Å²) in [7, 11) is 0. The van der Waals surface area contributed by atoms with Gasteiger partial charge in [0.05, 0.1) is 24.2 Å². The average Bonchev–Trinajstić information content (AvgIpc) is 3.40. The minimum atomic E-state index is -0.692. The lowest BCUT2D eigenvalue weighted by atomic mass is 10.1. The fourth-order valence-electron chi connectivity index (χ4n) is 3.32. The van der Waals surface area contributed by atoms with E-state index in [1.165, 1.54) is 18.2 Å². The third kappa shape index (κ3) is 4.81. The zero-order chi connectivity index (χ0) is 20.9. The predicted molar refractivity (Wildman–Crippen MR) is 110 cm³/mol. The molecule has 1 saturated heterocycles. The Bertz CT molecular complexity index is 1000. The molecule has 0 spiro atoms. The Morgan fingerprint density at radius 3 is 2.77 bits per heavy atom. The van der Waals surface area contributed by atoms with Crippen molar-refractivity contribution in [2.24, 2.45) is 0 Å². The molecule has 1 amide bonds. The molecule has 0 saturated carbocycles. The minimum Gasteiger partial charge on any atom is -0.467 e. The molecule has 2 aromatic heterocycles. The van der Waals surface area contributed by atoms with Crippen molar-refractivity contribution in [3.8, 4) is 0 Å². The van der Waals surface area contributed by atoms with Gasteiger partial charge in [-0.05, 0) is 43.5 Å². The van der Waals surface area contributed by atoms with E-state index >= 15 is 0 Å². The number of furan rings is 1. The molecule has 3 heterocycles. The van der Waals surface area contributed by atoms with E-state index in [9.17, 15) is 13.6 Å². The summed E-state index contributed by atoms with van der Waals surface area (Å²) in [4.78, 5) is 14.5. The number of hydrogen-bond acceptors (Lipinski definition) is 6. The third-order valence-electron chi connectivity index (χ3n) is 4.77. The molecule has 4 rings (SSSR count). The fourth-order valence-corrected chi connectivity index (χ4v) is 4.06. The van der Waals surface area contributed by atoms with Gasteiger partial charge in [-0.15, -0.1) is 10.2 Å². The van der Waals surface area contributed by atoms with Crippen LogP contribution in [0.15, 0.2) is 46.2 Å². The Morgan fingerprint density at radius 2 is 2.00 bits per heavy atom. The summed E-state index contributed by atoms with van der Waals surface area (Å²) in [5.74, 6) is -0.304. The quantitative estimate of drug-likeness (QED) is 0.569. The van der Waals surface area contributed by atoms with Gasteiger partial charge in [0.15, 0.2) is 5.16 Å². The summed E-state index contributed by atoms with van der Waals surface area (Å²) in [6, 6.07) is 6.61. The summed E-state index contributed by atoms with van der Waals surface area (Å²) >= 11 is 1.18. The number of nitrogens with one attached hydrogen (secondary N) is 1. The Morgan fingerprint density at radius 1 is 1.17 bits per heavy atom. The van der Waals surface area contributed by atoms with Gasteiger partial charge in [-0.25, -0.2) is 8.78 Å². The lowest BCUT2D eigenvalue weighted by Gasteiger charge is -2.27. The highest BCUT2D eigenvalue weighted by molar-refractivity contribution is 7.99. The molecule has 0 atom stereocenters. The number of carbonyl (C=O) groups excluding carboxylic acids is 1. The van der Waals surface area contributed by atoms with Gasteiger partial charge in [-0.2, -0.15) is 0 Å². The Hall–Kier alpha value is -2.88. The molecule has 1 aromatic carbocycles. The number of benzene rings is 1. The van der Waals surface area contributed by atoms with E-state index in [-0.39, 0.29) is 11.4 Å². The normalized spacial score (nSPS) is 14.1. The molecule has 0 radical (unpaired) electrons. The number of rotatable bonds is 7. The van der Waals surface area contributed by atoms with Crippen LogP contribution in [0, 0.1) is 11.6 Å². The number of nitrogens with zero attached hydrogens (tertiary/aromatic N) is 4. The van der Waals surface area contributed by atoms with Crippen molar-refractivity contribution in [3.05, 3.63) is 54.0 Å². The van der Waals surface area contributed by atoms with Crippen LogP contribution >= 0.6 is 11.8 Å². The highest BCUT2D eigenvalue weighted by Crippen LogP contribution is 2.26. The molecule has 7 nitrogen and oxygen atoms in total. The number of carbonyl (C=O) groups is 1. The van der Waals surface area contributed by atoms with Gasteiger partial charge in [0, 0.05) is 19.2 Å². The highest BCUT2D eigenvalue weighted by atomic mass is 32.2. The van der Waals surface area contributed by atoms with E-state index in [1.807, 2.05) is 16.7 Å². The largest absolute Gasteiger partial charge is 0.467 e. The van der Waals surface area contributed by atoms with Crippen LogP contribution in [0.3, 0.4) is 0 Å². The Balaban J connectivity index is 1.48. The molecule has 0 aliphatic carbocycles. The van der Waals surface area contributed by atoms with E-state index in [2.05, 4.69) is 20.4 Å². The number of anilines is 2. The van der Waals surface area contributed by atoms with Crippen LogP contribution in [0.4, 0.5) is 20.4 Å². The molecule has 3 aromatic rings. The molecule has 30 heavy (non-hydrogen) atoms. The molecule has 1 aliphatic heterocycles. The molecule has 0 bridgehead atoms. The van der Waals surface area contributed by atoms with Crippen LogP contribution in [0.25, 0.3) is 0 Å². The van der Waals surface area contributed by atoms with Crippen LogP contribution in [-0.4, -0.2) is 39.5 Å². The monoisotopic (exact) mass is 433 g/mol. The van der Waals surface area contributed by atoms with Gasteiger partial charge in [0.25, 0.3) is 0 Å². The summed E-state index contributed by atoms with van der Waals surface area (Å²) in [6.45, 7) is 2.24. The van der Waals surface area contributed by atoms with E-state index in [0.29, 0.717) is 11.7 Å². The maximum Gasteiger partial charge on any atom is 0.234 e. The first-order valence-electron chi connectivity index (χ1n) is 9.68. The van der Waals surface area contributed by atoms with Gasteiger partial charge in [-0.3, -0.25) is 9.36 Å². The minimum absolute atomic E-state index is 0.0216. The number of aromatic nitrogens is 3. The highest BCUT2D eigenvalue weighted by Gasteiger charge is 2.22. The van der Waals surface area contributed by atoms with Gasteiger partial charge < -0.3 is 14.6 Å². The van der Waals surface area contributed by atoms with Crippen LogP contribution in [0.1, 0.15) is 25.0 Å². The first-order valence-corrected chi connectivity index (χ1v) is 10.7. The third-order valence-corrected chi connectivity index (χ3v) is 5.73. The van der Waals surface area contributed by atoms with Gasteiger partial charge in [-0.1, -0.05) is 11.8 Å². The van der Waals surface area contributed by atoms with E-state index in [4.69, 9.17) is 4.42 Å². The van der Waals surface area contributed by atoms with Crippen molar-refractivity contribution in [1.82, 2.24) is 14.8 Å². The van der Waals surface area contributed by atoms with Crippen molar-refractivity contribution < 1.29 is 18.0 Å². The van der Waals surface area contributed by atoms with Gasteiger partial charge in [0.2, 0.25) is 11.9 Å². The van der Waals surface area contributed by atoms with Crippen LogP contribution in [0.2, 0.25) is 0 Å². The van der Waals surface area contributed by atoms with Gasteiger partial charge >= 0.3 is 0 Å². The Kier molecular flexibility index (Phi) is 6.32. The number of halogens is 2. The zero-order valence-electron chi connectivity index (χ0n) is 16.2. The maximum atomic E-state index is 13.7. The number of thioether (sulfide) groups is 1. The first kappa shape index (κ1) is 20.4. The molecular formula is C20H21F2N5O2S. The van der Waals surface area contributed by atoms with E-state index in [0.717, 1.165) is 55.8 Å². The summed E-state index contributed by atoms with van der Waals surface area (Å²) in [6.07, 6.45) is 4.99. The van der Waals surface area contributed by atoms with E-state index < -0.39 is 17.5 Å². The lowest BCUT2D eigenvalue weighted by molar-refractivity contribution is -0.113. The summed E-state index contributed by atoms with van der Waals surface area (Å²) in [5.41, 5.74) is -0.188. The molecular weight excluding hydrogens is 412 g/mol. The van der Waals surface area contributed by atoms with Crippen molar-refractivity contribution in [2.75, 3.05) is 29.1 Å². The van der Waals surface area contributed by atoms with Crippen LogP contribution in [-0.2, 0) is 11.3 Å². The van der Waals surface area contributed by atoms with Crippen molar-refractivity contribution in [2.45, 2.75) is 31.0 Å². The molecule has 158 valence electrons. The number of amides is 1. The second-order valence-corrected chi connectivity index (χ2v) is 7.90. The Labute approximate surface area is 176 Å². The topological polar surface area (TPSA) is 76.2 Å². The standard InChI is InChI=1S/C20H21F2N5O2S/c21-14-6-7-16(22)17(11-14)23-18(28)13-30-20-25-24-19(26-8-2-1-3-9-26)27(20)12-15-5-4-10-29-15/h4-7,10-11H,1-3,8-9,12-13H2,(H,23,28). The SMILES string of the molecule is O=C(CSc1nnc(N2CCCCC2)n1Cc1ccco1)Nc1cc(F)ccc1F. The summed E-state index contributed by atoms with van der Waals surface area (Å²) < 4.78 is 34.4.